The number of ether oxygens (including phenoxy) is 1. The zero-order valence-corrected chi connectivity index (χ0v) is 12.5. The monoisotopic (exact) mass is 314 g/mol. The molecular formula is C15H20BrFO. The predicted molar refractivity (Wildman–Crippen MR) is 74.9 cm³/mol. The van der Waals surface area contributed by atoms with E-state index >= 15 is 0 Å². The molecule has 0 aromatic heterocycles. The van der Waals surface area contributed by atoms with Crippen molar-refractivity contribution in [3.05, 3.63) is 34.1 Å². The zero-order chi connectivity index (χ0) is 13.1. The van der Waals surface area contributed by atoms with Gasteiger partial charge < -0.3 is 4.74 Å². The molecule has 1 aliphatic carbocycles. The summed E-state index contributed by atoms with van der Waals surface area (Å²) in [6.07, 6.45) is 3.88. The molecule has 3 atom stereocenters. The Morgan fingerprint density at radius 2 is 2.06 bits per heavy atom. The quantitative estimate of drug-likeness (QED) is 0.768. The second-order valence-electron chi connectivity index (χ2n) is 5.44. The molecule has 18 heavy (non-hydrogen) atoms. The van der Waals surface area contributed by atoms with Crippen LogP contribution < -0.4 is 0 Å². The lowest BCUT2D eigenvalue weighted by molar-refractivity contribution is -0.00768. The van der Waals surface area contributed by atoms with Crippen molar-refractivity contribution in [1.82, 2.24) is 0 Å². The molecule has 1 aromatic carbocycles. The first-order chi connectivity index (χ1) is 8.56. The van der Waals surface area contributed by atoms with Crippen molar-refractivity contribution in [1.29, 1.82) is 0 Å². The molecule has 1 saturated carbocycles. The van der Waals surface area contributed by atoms with E-state index in [0.29, 0.717) is 12.7 Å². The topological polar surface area (TPSA) is 9.23 Å². The van der Waals surface area contributed by atoms with Crippen LogP contribution >= 0.6 is 15.9 Å². The Morgan fingerprint density at radius 1 is 1.28 bits per heavy atom. The first kappa shape index (κ1) is 14.0. The molecule has 0 heterocycles. The van der Waals surface area contributed by atoms with Gasteiger partial charge >= 0.3 is 0 Å². The molecule has 3 heteroatoms. The van der Waals surface area contributed by atoms with E-state index in [4.69, 9.17) is 4.74 Å². The molecule has 0 amide bonds. The molecule has 0 N–H and O–H groups in total. The van der Waals surface area contributed by atoms with Gasteiger partial charge in [-0.3, -0.25) is 0 Å². The molecule has 1 nitrogen and oxygen atoms in total. The molecule has 0 radical (unpaired) electrons. The van der Waals surface area contributed by atoms with E-state index in [1.165, 1.54) is 18.6 Å². The molecule has 0 saturated heterocycles. The molecule has 100 valence electrons. The fraction of sp³-hybridized carbons (Fsp3) is 0.600. The van der Waals surface area contributed by atoms with Crippen molar-refractivity contribution >= 4 is 15.9 Å². The molecule has 0 aliphatic heterocycles. The SMILES string of the molecule is CC1CCC(OCc2ccc(F)cc2Br)CC1C. The summed E-state index contributed by atoms with van der Waals surface area (Å²) < 4.78 is 19.7. The molecule has 2 rings (SSSR count). The third-order valence-electron chi connectivity index (χ3n) is 4.04. The van der Waals surface area contributed by atoms with Crippen LogP contribution in [-0.2, 0) is 11.3 Å². The Bertz CT molecular complexity index is 407. The third kappa shape index (κ3) is 3.55. The van der Waals surface area contributed by atoms with Crippen molar-refractivity contribution in [3.63, 3.8) is 0 Å². The minimum atomic E-state index is -0.217. The van der Waals surface area contributed by atoms with Gasteiger partial charge in [-0.05, 0) is 48.8 Å². The van der Waals surface area contributed by atoms with Crippen LogP contribution in [0.1, 0.15) is 38.7 Å². The van der Waals surface area contributed by atoms with Crippen LogP contribution in [0.15, 0.2) is 22.7 Å². The molecule has 1 fully saturated rings. The number of benzene rings is 1. The van der Waals surface area contributed by atoms with Gasteiger partial charge in [0.05, 0.1) is 12.7 Å². The Labute approximate surface area is 117 Å². The summed E-state index contributed by atoms with van der Waals surface area (Å²) in [7, 11) is 0. The maximum atomic E-state index is 13.0. The lowest BCUT2D eigenvalue weighted by atomic mass is 9.80. The number of hydrogen-bond acceptors (Lipinski definition) is 1. The highest BCUT2D eigenvalue weighted by Gasteiger charge is 2.25. The van der Waals surface area contributed by atoms with Gasteiger partial charge in [-0.1, -0.05) is 35.8 Å². The average Bonchev–Trinajstić information content (AvgIpc) is 2.32. The van der Waals surface area contributed by atoms with Crippen LogP contribution in [0.5, 0.6) is 0 Å². The van der Waals surface area contributed by atoms with Crippen molar-refractivity contribution < 1.29 is 9.13 Å². The predicted octanol–water partition coefficient (Wildman–Crippen LogP) is 4.93. The van der Waals surface area contributed by atoms with Crippen molar-refractivity contribution in [2.45, 2.75) is 45.8 Å². The van der Waals surface area contributed by atoms with Gasteiger partial charge in [-0.15, -0.1) is 0 Å². The Kier molecular flexibility index (Phi) is 4.79. The van der Waals surface area contributed by atoms with E-state index in [1.54, 1.807) is 6.07 Å². The summed E-state index contributed by atoms with van der Waals surface area (Å²) in [5, 5.41) is 0. The summed E-state index contributed by atoms with van der Waals surface area (Å²) >= 11 is 3.37. The van der Waals surface area contributed by atoms with E-state index in [1.807, 2.05) is 0 Å². The van der Waals surface area contributed by atoms with Gasteiger partial charge in [0, 0.05) is 4.47 Å². The lowest BCUT2D eigenvalue weighted by Crippen LogP contribution is -2.26. The van der Waals surface area contributed by atoms with Crippen LogP contribution in [0.25, 0.3) is 0 Å². The van der Waals surface area contributed by atoms with Crippen molar-refractivity contribution in [2.75, 3.05) is 0 Å². The fourth-order valence-electron chi connectivity index (χ4n) is 2.50. The van der Waals surface area contributed by atoms with Crippen LogP contribution in [0, 0.1) is 17.7 Å². The summed E-state index contributed by atoms with van der Waals surface area (Å²) in [6, 6.07) is 4.76. The second-order valence-corrected chi connectivity index (χ2v) is 6.29. The smallest absolute Gasteiger partial charge is 0.124 e. The minimum absolute atomic E-state index is 0.217. The van der Waals surface area contributed by atoms with Crippen LogP contribution in [0.2, 0.25) is 0 Å². The van der Waals surface area contributed by atoms with Gasteiger partial charge in [0.25, 0.3) is 0 Å². The number of hydrogen-bond donors (Lipinski definition) is 0. The van der Waals surface area contributed by atoms with Gasteiger partial charge in [0.2, 0.25) is 0 Å². The van der Waals surface area contributed by atoms with Crippen molar-refractivity contribution in [3.8, 4) is 0 Å². The molecule has 0 bridgehead atoms. The Hall–Kier alpha value is -0.410. The van der Waals surface area contributed by atoms with Gasteiger partial charge in [0.15, 0.2) is 0 Å². The minimum Gasteiger partial charge on any atom is -0.373 e. The van der Waals surface area contributed by atoms with Crippen LogP contribution in [0.3, 0.4) is 0 Å². The van der Waals surface area contributed by atoms with E-state index in [2.05, 4.69) is 29.8 Å². The first-order valence-corrected chi connectivity index (χ1v) is 7.41. The van der Waals surface area contributed by atoms with E-state index in [9.17, 15) is 4.39 Å². The normalized spacial score (nSPS) is 28.3. The van der Waals surface area contributed by atoms with Crippen molar-refractivity contribution in [2.24, 2.45) is 11.8 Å². The fourth-order valence-corrected chi connectivity index (χ4v) is 2.96. The van der Waals surface area contributed by atoms with Crippen LogP contribution in [-0.4, -0.2) is 6.10 Å². The third-order valence-corrected chi connectivity index (χ3v) is 4.78. The number of rotatable bonds is 3. The van der Waals surface area contributed by atoms with E-state index in [0.717, 1.165) is 34.7 Å². The molecule has 3 unspecified atom stereocenters. The average molecular weight is 315 g/mol. The molecule has 1 aliphatic rings. The Morgan fingerprint density at radius 3 is 2.72 bits per heavy atom. The van der Waals surface area contributed by atoms with Gasteiger partial charge in [-0.25, -0.2) is 4.39 Å². The van der Waals surface area contributed by atoms with Crippen LogP contribution in [0.4, 0.5) is 4.39 Å². The molecular weight excluding hydrogens is 295 g/mol. The Balaban J connectivity index is 1.88. The summed E-state index contributed by atoms with van der Waals surface area (Å²) in [4.78, 5) is 0. The molecule has 1 aromatic rings. The first-order valence-electron chi connectivity index (χ1n) is 6.61. The lowest BCUT2D eigenvalue weighted by Gasteiger charge is -2.32. The zero-order valence-electron chi connectivity index (χ0n) is 11.0. The maximum absolute atomic E-state index is 13.0. The maximum Gasteiger partial charge on any atom is 0.124 e. The van der Waals surface area contributed by atoms with E-state index < -0.39 is 0 Å². The summed E-state index contributed by atoms with van der Waals surface area (Å²) in [6.45, 7) is 5.18. The highest BCUT2D eigenvalue weighted by molar-refractivity contribution is 9.10. The largest absolute Gasteiger partial charge is 0.373 e. The summed E-state index contributed by atoms with van der Waals surface area (Å²) in [5.74, 6) is 1.33. The highest BCUT2D eigenvalue weighted by atomic mass is 79.9. The van der Waals surface area contributed by atoms with Gasteiger partial charge in [0.1, 0.15) is 5.82 Å². The van der Waals surface area contributed by atoms with Gasteiger partial charge in [-0.2, -0.15) is 0 Å². The van der Waals surface area contributed by atoms with E-state index in [-0.39, 0.29) is 5.82 Å². The number of halogens is 2. The molecule has 0 spiro atoms. The second kappa shape index (κ2) is 6.16. The highest BCUT2D eigenvalue weighted by Crippen LogP contribution is 2.31. The standard InChI is InChI=1S/C15H20BrFO/c1-10-3-6-14(7-11(10)2)18-9-12-4-5-13(17)8-15(12)16/h4-5,8,10-11,14H,3,6-7,9H2,1-2H3. The summed E-state index contributed by atoms with van der Waals surface area (Å²) in [5.41, 5.74) is 1.02.